The maximum atomic E-state index is 12.9. The van der Waals surface area contributed by atoms with Crippen LogP contribution in [0.5, 0.6) is 0 Å². The summed E-state index contributed by atoms with van der Waals surface area (Å²) in [5.41, 5.74) is 2.20. The number of nitrogens with zero attached hydrogens (tertiary/aromatic N) is 3. The van der Waals surface area contributed by atoms with Crippen LogP contribution < -0.4 is 0 Å². The fourth-order valence-electron chi connectivity index (χ4n) is 2.77. The number of benzene rings is 2. The van der Waals surface area contributed by atoms with E-state index in [0.29, 0.717) is 11.0 Å². The number of aromatic nitrogens is 3. The SMILES string of the molecule is CC(C)[C@H](CC(=O)OCc1ccccc1)C(=O)n1nnc2ccccc21. The molecule has 1 atom stereocenters. The highest BCUT2D eigenvalue weighted by Gasteiger charge is 2.29. The fraction of sp³-hybridized carbons (Fsp3) is 0.300. The standard InChI is InChI=1S/C20H21N3O3/c1-14(2)16(12-19(24)26-13-15-8-4-3-5-9-15)20(25)23-18-11-7-6-10-17(18)21-22-23/h3-11,14,16H,12-13H2,1-2H3/t16-/m0/s1. The molecule has 2 aromatic carbocycles. The monoisotopic (exact) mass is 351 g/mol. The van der Waals surface area contributed by atoms with Gasteiger partial charge in [-0.15, -0.1) is 5.10 Å². The van der Waals surface area contributed by atoms with E-state index < -0.39 is 11.9 Å². The van der Waals surface area contributed by atoms with E-state index in [-0.39, 0.29) is 24.9 Å². The average Bonchev–Trinajstić information content (AvgIpc) is 3.08. The molecule has 0 N–H and O–H groups in total. The summed E-state index contributed by atoms with van der Waals surface area (Å²) >= 11 is 0. The summed E-state index contributed by atoms with van der Waals surface area (Å²) in [5.74, 6) is -1.20. The van der Waals surface area contributed by atoms with Crippen LogP contribution in [0.3, 0.4) is 0 Å². The lowest BCUT2D eigenvalue weighted by atomic mass is 9.91. The predicted molar refractivity (Wildman–Crippen MR) is 97.3 cm³/mol. The summed E-state index contributed by atoms with van der Waals surface area (Å²) in [7, 11) is 0. The van der Waals surface area contributed by atoms with Gasteiger partial charge in [0.05, 0.1) is 17.9 Å². The van der Waals surface area contributed by atoms with Crippen molar-refractivity contribution >= 4 is 22.9 Å². The van der Waals surface area contributed by atoms with Crippen molar-refractivity contribution in [3.8, 4) is 0 Å². The molecule has 0 saturated heterocycles. The molecule has 6 heteroatoms. The molecule has 0 bridgehead atoms. The van der Waals surface area contributed by atoms with Crippen LogP contribution in [0.1, 0.15) is 30.6 Å². The minimum Gasteiger partial charge on any atom is -0.461 e. The molecular weight excluding hydrogens is 330 g/mol. The van der Waals surface area contributed by atoms with Crippen molar-refractivity contribution < 1.29 is 14.3 Å². The molecular formula is C20H21N3O3. The maximum absolute atomic E-state index is 12.9. The normalized spacial score (nSPS) is 12.3. The first kappa shape index (κ1) is 17.8. The third-order valence-electron chi connectivity index (χ3n) is 4.31. The van der Waals surface area contributed by atoms with Crippen molar-refractivity contribution in [1.29, 1.82) is 0 Å². The summed E-state index contributed by atoms with van der Waals surface area (Å²) in [6.45, 7) is 4.02. The Hall–Kier alpha value is -3.02. The third-order valence-corrected chi connectivity index (χ3v) is 4.31. The van der Waals surface area contributed by atoms with Gasteiger partial charge in [-0.2, -0.15) is 4.68 Å². The first-order valence-electron chi connectivity index (χ1n) is 8.60. The Bertz CT molecular complexity index is 903. The average molecular weight is 351 g/mol. The molecule has 0 saturated carbocycles. The van der Waals surface area contributed by atoms with Crippen LogP contribution in [0.25, 0.3) is 11.0 Å². The number of esters is 1. The van der Waals surface area contributed by atoms with Gasteiger partial charge in [-0.1, -0.05) is 61.5 Å². The summed E-state index contributed by atoms with van der Waals surface area (Å²) in [6.07, 6.45) is 0.0114. The summed E-state index contributed by atoms with van der Waals surface area (Å²) in [5, 5.41) is 7.98. The molecule has 134 valence electrons. The number of carbonyl (C=O) groups excluding carboxylic acids is 2. The second-order valence-electron chi connectivity index (χ2n) is 6.53. The van der Waals surface area contributed by atoms with Gasteiger partial charge in [0.2, 0.25) is 0 Å². The lowest BCUT2D eigenvalue weighted by Gasteiger charge is -2.18. The Morgan fingerprint density at radius 3 is 2.46 bits per heavy atom. The molecule has 0 spiro atoms. The second-order valence-corrected chi connectivity index (χ2v) is 6.53. The Kier molecular flexibility index (Phi) is 5.41. The quantitative estimate of drug-likeness (QED) is 0.636. The number of ether oxygens (including phenoxy) is 1. The maximum Gasteiger partial charge on any atom is 0.306 e. The number of rotatable bonds is 6. The third kappa shape index (κ3) is 3.96. The van der Waals surface area contributed by atoms with Crippen molar-refractivity contribution in [3.05, 3.63) is 60.2 Å². The Balaban J connectivity index is 1.70. The lowest BCUT2D eigenvalue weighted by Crippen LogP contribution is -2.29. The molecule has 0 radical (unpaired) electrons. The number of para-hydroxylation sites is 1. The summed E-state index contributed by atoms with van der Waals surface area (Å²) < 4.78 is 6.61. The first-order valence-corrected chi connectivity index (χ1v) is 8.60. The predicted octanol–water partition coefficient (Wildman–Crippen LogP) is 3.48. The van der Waals surface area contributed by atoms with E-state index in [4.69, 9.17) is 4.74 Å². The molecule has 26 heavy (non-hydrogen) atoms. The topological polar surface area (TPSA) is 74.1 Å². The highest BCUT2D eigenvalue weighted by molar-refractivity contribution is 5.92. The molecule has 0 aliphatic heterocycles. The molecule has 1 aromatic heterocycles. The molecule has 0 aliphatic rings. The van der Waals surface area contributed by atoms with Gasteiger partial charge in [0, 0.05) is 0 Å². The molecule has 0 amide bonds. The molecule has 0 fully saturated rings. The van der Waals surface area contributed by atoms with Gasteiger partial charge in [0.1, 0.15) is 12.1 Å². The van der Waals surface area contributed by atoms with E-state index in [9.17, 15) is 9.59 Å². The highest BCUT2D eigenvalue weighted by atomic mass is 16.5. The van der Waals surface area contributed by atoms with Crippen LogP contribution in [-0.4, -0.2) is 26.9 Å². The Morgan fingerprint density at radius 1 is 1.04 bits per heavy atom. The molecule has 6 nitrogen and oxygen atoms in total. The van der Waals surface area contributed by atoms with E-state index in [1.54, 1.807) is 12.1 Å². The van der Waals surface area contributed by atoms with Crippen molar-refractivity contribution in [2.45, 2.75) is 26.9 Å². The number of fused-ring (bicyclic) bond motifs is 1. The van der Waals surface area contributed by atoms with Crippen molar-refractivity contribution in [2.24, 2.45) is 11.8 Å². The minimum atomic E-state index is -0.525. The molecule has 0 unspecified atom stereocenters. The zero-order valence-electron chi connectivity index (χ0n) is 14.8. The van der Waals surface area contributed by atoms with Gasteiger partial charge < -0.3 is 4.74 Å². The molecule has 1 heterocycles. The van der Waals surface area contributed by atoms with Gasteiger partial charge in [0.25, 0.3) is 5.91 Å². The summed E-state index contributed by atoms with van der Waals surface area (Å²) in [4.78, 5) is 25.2. The van der Waals surface area contributed by atoms with Gasteiger partial charge >= 0.3 is 5.97 Å². The van der Waals surface area contributed by atoms with E-state index in [2.05, 4.69) is 10.3 Å². The van der Waals surface area contributed by atoms with Crippen LogP contribution in [0.15, 0.2) is 54.6 Å². The summed E-state index contributed by atoms with van der Waals surface area (Å²) in [6, 6.07) is 16.7. The van der Waals surface area contributed by atoms with Gasteiger partial charge in [-0.3, -0.25) is 9.59 Å². The van der Waals surface area contributed by atoms with Crippen LogP contribution in [-0.2, 0) is 16.1 Å². The van der Waals surface area contributed by atoms with Crippen molar-refractivity contribution in [2.75, 3.05) is 0 Å². The van der Waals surface area contributed by atoms with Crippen molar-refractivity contribution in [3.63, 3.8) is 0 Å². The van der Waals surface area contributed by atoms with E-state index >= 15 is 0 Å². The lowest BCUT2D eigenvalue weighted by molar-refractivity contribution is -0.146. The number of carbonyl (C=O) groups is 2. The molecule has 0 aliphatic carbocycles. The zero-order chi connectivity index (χ0) is 18.5. The van der Waals surface area contributed by atoms with E-state index in [0.717, 1.165) is 5.56 Å². The molecule has 3 rings (SSSR count). The van der Waals surface area contributed by atoms with E-state index in [1.165, 1.54) is 4.68 Å². The second kappa shape index (κ2) is 7.91. The van der Waals surface area contributed by atoms with Gasteiger partial charge in [-0.05, 0) is 23.6 Å². The number of hydrogen-bond donors (Lipinski definition) is 0. The Morgan fingerprint density at radius 2 is 1.73 bits per heavy atom. The largest absolute Gasteiger partial charge is 0.461 e. The van der Waals surface area contributed by atoms with Crippen LogP contribution in [0.4, 0.5) is 0 Å². The first-order chi connectivity index (χ1) is 12.6. The van der Waals surface area contributed by atoms with Crippen molar-refractivity contribution in [1.82, 2.24) is 15.0 Å². The minimum absolute atomic E-state index is 0.0114. The van der Waals surface area contributed by atoms with Crippen LogP contribution >= 0.6 is 0 Å². The van der Waals surface area contributed by atoms with Gasteiger partial charge in [-0.25, -0.2) is 0 Å². The highest BCUT2D eigenvalue weighted by Crippen LogP contribution is 2.21. The fourth-order valence-corrected chi connectivity index (χ4v) is 2.77. The molecule has 3 aromatic rings. The zero-order valence-corrected chi connectivity index (χ0v) is 14.8. The van der Waals surface area contributed by atoms with Crippen LogP contribution in [0, 0.1) is 11.8 Å². The van der Waals surface area contributed by atoms with E-state index in [1.807, 2.05) is 56.3 Å². The Labute approximate surface area is 151 Å². The van der Waals surface area contributed by atoms with Crippen LogP contribution in [0.2, 0.25) is 0 Å². The van der Waals surface area contributed by atoms with Gasteiger partial charge in [0.15, 0.2) is 0 Å². The smallest absolute Gasteiger partial charge is 0.306 e. The number of hydrogen-bond acceptors (Lipinski definition) is 5.